The Kier molecular flexibility index (Phi) is 8.57. The lowest BCUT2D eigenvalue weighted by molar-refractivity contribution is -0.114. The van der Waals surface area contributed by atoms with E-state index in [1.54, 1.807) is 38.4 Å². The first kappa shape index (κ1) is 25.0. The highest BCUT2D eigenvalue weighted by Gasteiger charge is 2.19. The van der Waals surface area contributed by atoms with Crippen molar-refractivity contribution < 1.29 is 23.7 Å². The number of carbonyl (C=O) groups is 1. The fraction of sp³-hybridized carbons (Fsp3) is 0.385. The molecule has 35 heavy (non-hydrogen) atoms. The molecule has 1 fully saturated rings. The number of hydrogen-bond acceptors (Lipinski definition) is 8. The van der Waals surface area contributed by atoms with Crippen molar-refractivity contribution in [1.82, 2.24) is 9.88 Å². The second-order valence-corrected chi connectivity index (χ2v) is 9.06. The van der Waals surface area contributed by atoms with Gasteiger partial charge in [0.1, 0.15) is 0 Å². The quantitative estimate of drug-likeness (QED) is 0.391. The average molecular weight is 498 g/mol. The van der Waals surface area contributed by atoms with Gasteiger partial charge in [-0.3, -0.25) is 14.6 Å². The largest absolute Gasteiger partial charge is 0.493 e. The SMILES string of the molecule is COc1cc(/C=C/C(=O)N(CCCN2CCOCC2)c2nc3ccccc3s2)cc(OC)c1OC. The van der Waals surface area contributed by atoms with E-state index < -0.39 is 0 Å². The molecule has 0 aliphatic carbocycles. The molecule has 1 aliphatic heterocycles. The number of aromatic nitrogens is 1. The van der Waals surface area contributed by atoms with Crippen molar-refractivity contribution in [3.05, 3.63) is 48.0 Å². The number of amides is 1. The first-order chi connectivity index (χ1) is 17.1. The second kappa shape index (κ2) is 12.0. The van der Waals surface area contributed by atoms with Gasteiger partial charge >= 0.3 is 0 Å². The number of carbonyl (C=O) groups excluding carboxylic acids is 1. The molecule has 2 heterocycles. The standard InChI is InChI=1S/C26H31N3O5S/c1-31-21-17-19(18-22(32-2)25(21)33-3)9-10-24(30)29(12-6-11-28-13-15-34-16-14-28)26-27-20-7-4-5-8-23(20)35-26/h4-5,7-10,17-18H,6,11-16H2,1-3H3/b10-9+. The van der Waals surface area contributed by atoms with Crippen LogP contribution in [0.15, 0.2) is 42.5 Å². The van der Waals surface area contributed by atoms with Crippen LogP contribution in [0.1, 0.15) is 12.0 Å². The van der Waals surface area contributed by atoms with Crippen molar-refractivity contribution in [3.8, 4) is 17.2 Å². The molecule has 8 nitrogen and oxygen atoms in total. The van der Waals surface area contributed by atoms with Crippen molar-refractivity contribution in [2.75, 3.05) is 65.6 Å². The van der Waals surface area contributed by atoms with Gasteiger partial charge in [-0.15, -0.1) is 0 Å². The van der Waals surface area contributed by atoms with Crippen LogP contribution in [-0.2, 0) is 9.53 Å². The maximum absolute atomic E-state index is 13.4. The summed E-state index contributed by atoms with van der Waals surface area (Å²) in [5.41, 5.74) is 1.66. The number of methoxy groups -OCH3 is 3. The van der Waals surface area contributed by atoms with E-state index in [9.17, 15) is 4.79 Å². The van der Waals surface area contributed by atoms with Gasteiger partial charge < -0.3 is 18.9 Å². The highest BCUT2D eigenvalue weighted by atomic mass is 32.1. The lowest BCUT2D eigenvalue weighted by Gasteiger charge is -2.27. The van der Waals surface area contributed by atoms with Crippen molar-refractivity contribution >= 4 is 38.7 Å². The molecule has 0 bridgehead atoms. The van der Waals surface area contributed by atoms with Crippen molar-refractivity contribution in [2.24, 2.45) is 0 Å². The molecule has 186 valence electrons. The highest BCUT2D eigenvalue weighted by Crippen LogP contribution is 2.38. The first-order valence-corrected chi connectivity index (χ1v) is 12.4. The van der Waals surface area contributed by atoms with Gasteiger partial charge in [0.05, 0.1) is 44.8 Å². The van der Waals surface area contributed by atoms with E-state index in [-0.39, 0.29) is 5.91 Å². The van der Waals surface area contributed by atoms with E-state index in [1.807, 2.05) is 36.4 Å². The zero-order valence-corrected chi connectivity index (χ0v) is 21.2. The number of hydrogen-bond donors (Lipinski definition) is 0. The number of nitrogens with zero attached hydrogens (tertiary/aromatic N) is 3. The van der Waals surface area contributed by atoms with Gasteiger partial charge in [0, 0.05) is 32.3 Å². The molecule has 0 unspecified atom stereocenters. The molecule has 4 rings (SSSR count). The molecule has 1 amide bonds. The van der Waals surface area contributed by atoms with E-state index in [1.165, 1.54) is 11.3 Å². The highest BCUT2D eigenvalue weighted by molar-refractivity contribution is 7.22. The minimum Gasteiger partial charge on any atom is -0.493 e. The molecule has 0 N–H and O–H groups in total. The fourth-order valence-corrected chi connectivity index (χ4v) is 5.00. The fourth-order valence-electron chi connectivity index (χ4n) is 4.01. The molecule has 0 radical (unpaired) electrons. The van der Waals surface area contributed by atoms with E-state index in [0.717, 1.165) is 55.0 Å². The van der Waals surface area contributed by atoms with Crippen LogP contribution in [0.3, 0.4) is 0 Å². The number of morpholine rings is 1. The van der Waals surface area contributed by atoms with Crippen LogP contribution >= 0.6 is 11.3 Å². The van der Waals surface area contributed by atoms with Crippen LogP contribution in [0.5, 0.6) is 17.2 Å². The summed E-state index contributed by atoms with van der Waals surface area (Å²) < 4.78 is 22.8. The Morgan fingerprint density at radius 3 is 2.49 bits per heavy atom. The number of anilines is 1. The van der Waals surface area contributed by atoms with Crippen LogP contribution < -0.4 is 19.1 Å². The smallest absolute Gasteiger partial charge is 0.252 e. The Balaban J connectivity index is 1.55. The predicted molar refractivity (Wildman–Crippen MR) is 139 cm³/mol. The molecule has 9 heteroatoms. The van der Waals surface area contributed by atoms with Crippen molar-refractivity contribution in [1.29, 1.82) is 0 Å². The van der Waals surface area contributed by atoms with Gasteiger partial charge in [-0.2, -0.15) is 0 Å². The Hall–Kier alpha value is -3.14. The summed E-state index contributed by atoms with van der Waals surface area (Å²) in [6.45, 7) is 4.87. The molecule has 1 aliphatic rings. The van der Waals surface area contributed by atoms with Gasteiger partial charge in [-0.05, 0) is 42.3 Å². The van der Waals surface area contributed by atoms with Gasteiger partial charge in [0.15, 0.2) is 16.6 Å². The third-order valence-electron chi connectivity index (χ3n) is 5.84. The average Bonchev–Trinajstić information content (AvgIpc) is 3.33. The summed E-state index contributed by atoms with van der Waals surface area (Å²) in [5, 5.41) is 0.702. The molecule has 0 atom stereocenters. The minimum atomic E-state index is -0.125. The molecule has 3 aromatic rings. The Bertz CT molecular complexity index is 1110. The third kappa shape index (κ3) is 6.11. The number of rotatable bonds is 10. The summed E-state index contributed by atoms with van der Waals surface area (Å²) in [5.74, 6) is 1.46. The van der Waals surface area contributed by atoms with Crippen LogP contribution in [0.2, 0.25) is 0 Å². The Labute approximate surface area is 209 Å². The van der Waals surface area contributed by atoms with Crippen molar-refractivity contribution in [2.45, 2.75) is 6.42 Å². The number of benzene rings is 2. The van der Waals surface area contributed by atoms with Gasteiger partial charge in [-0.1, -0.05) is 23.5 Å². The normalized spacial score (nSPS) is 14.4. The summed E-state index contributed by atoms with van der Waals surface area (Å²) >= 11 is 1.53. The zero-order valence-electron chi connectivity index (χ0n) is 20.4. The van der Waals surface area contributed by atoms with Gasteiger partial charge in [0.25, 0.3) is 5.91 Å². The lowest BCUT2D eigenvalue weighted by Crippen LogP contribution is -2.39. The maximum Gasteiger partial charge on any atom is 0.252 e. The van der Waals surface area contributed by atoms with Gasteiger partial charge in [0.2, 0.25) is 5.75 Å². The predicted octanol–water partition coefficient (Wildman–Crippen LogP) is 4.09. The molecule has 1 saturated heterocycles. The molecular formula is C26H31N3O5S. The van der Waals surface area contributed by atoms with Crippen LogP contribution in [0, 0.1) is 0 Å². The van der Waals surface area contributed by atoms with Crippen molar-refractivity contribution in [3.63, 3.8) is 0 Å². The number of ether oxygens (including phenoxy) is 4. The second-order valence-electron chi connectivity index (χ2n) is 8.05. The number of thiazole rings is 1. The third-order valence-corrected chi connectivity index (χ3v) is 6.90. The molecule has 2 aromatic carbocycles. The Morgan fingerprint density at radius 1 is 1.11 bits per heavy atom. The number of para-hydroxylation sites is 1. The summed E-state index contributed by atoms with van der Waals surface area (Å²) in [4.78, 5) is 22.3. The molecule has 0 spiro atoms. The summed E-state index contributed by atoms with van der Waals surface area (Å²) in [6.07, 6.45) is 4.18. The van der Waals surface area contributed by atoms with Crippen LogP contribution in [0.25, 0.3) is 16.3 Å². The minimum absolute atomic E-state index is 0.125. The monoisotopic (exact) mass is 497 g/mol. The van der Waals surface area contributed by atoms with E-state index in [0.29, 0.717) is 28.9 Å². The van der Waals surface area contributed by atoms with E-state index >= 15 is 0 Å². The zero-order chi connectivity index (χ0) is 24.6. The summed E-state index contributed by atoms with van der Waals surface area (Å²) in [7, 11) is 4.70. The topological polar surface area (TPSA) is 73.4 Å². The molecule has 1 aromatic heterocycles. The molecule has 0 saturated carbocycles. The molecular weight excluding hydrogens is 466 g/mol. The summed E-state index contributed by atoms with van der Waals surface area (Å²) in [6, 6.07) is 11.6. The van der Waals surface area contributed by atoms with Crippen LogP contribution in [0.4, 0.5) is 5.13 Å². The van der Waals surface area contributed by atoms with Gasteiger partial charge in [-0.25, -0.2) is 4.98 Å². The first-order valence-electron chi connectivity index (χ1n) is 11.6. The maximum atomic E-state index is 13.4. The van der Waals surface area contributed by atoms with E-state index in [2.05, 4.69) is 4.90 Å². The van der Waals surface area contributed by atoms with E-state index in [4.69, 9.17) is 23.9 Å². The lowest BCUT2D eigenvalue weighted by atomic mass is 10.1. The number of fused-ring (bicyclic) bond motifs is 1. The Morgan fingerprint density at radius 2 is 1.83 bits per heavy atom. The van der Waals surface area contributed by atoms with Crippen LogP contribution in [-0.4, -0.2) is 76.5 Å².